The van der Waals surface area contributed by atoms with Crippen molar-refractivity contribution in [3.8, 4) is 5.75 Å². The van der Waals surface area contributed by atoms with Gasteiger partial charge in [-0.1, -0.05) is 12.1 Å². The smallest absolute Gasteiger partial charge is 0.416 e. The summed E-state index contributed by atoms with van der Waals surface area (Å²) < 4.78 is 49.6. The third kappa shape index (κ3) is 4.23. The highest BCUT2D eigenvalue weighted by atomic mass is 19.4. The minimum absolute atomic E-state index is 0.0120. The van der Waals surface area contributed by atoms with Crippen molar-refractivity contribution in [2.24, 2.45) is 0 Å². The Bertz CT molecular complexity index is 1180. The van der Waals surface area contributed by atoms with Gasteiger partial charge >= 0.3 is 12.1 Å². The summed E-state index contributed by atoms with van der Waals surface area (Å²) in [6.45, 7) is 0.203. The lowest BCUT2D eigenvalue weighted by molar-refractivity contribution is -0.137. The van der Waals surface area contributed by atoms with E-state index in [0.717, 1.165) is 12.1 Å². The molecule has 1 atom stereocenters. The van der Waals surface area contributed by atoms with E-state index in [1.165, 1.54) is 43.8 Å². The van der Waals surface area contributed by atoms with Crippen molar-refractivity contribution in [1.82, 2.24) is 15.3 Å². The molecule has 1 amide bonds. The number of rotatable bonds is 4. The molecule has 0 fully saturated rings. The average Bonchev–Trinajstić information content (AvgIpc) is 2.83. The van der Waals surface area contributed by atoms with Crippen LogP contribution in [0.4, 0.5) is 13.2 Å². The number of benzene rings is 1. The van der Waals surface area contributed by atoms with E-state index in [0.29, 0.717) is 17.0 Å². The van der Waals surface area contributed by atoms with Crippen molar-refractivity contribution >= 4 is 11.9 Å². The number of aromatic nitrogens is 2. The zero-order valence-electron chi connectivity index (χ0n) is 17.3. The highest BCUT2D eigenvalue weighted by molar-refractivity contribution is 5.95. The third-order valence-electron chi connectivity index (χ3n) is 5.36. The van der Waals surface area contributed by atoms with E-state index in [1.54, 1.807) is 12.1 Å². The molecule has 2 aromatic heterocycles. The first-order valence-electron chi connectivity index (χ1n) is 9.87. The number of halogens is 3. The molecule has 0 saturated carbocycles. The van der Waals surface area contributed by atoms with E-state index in [9.17, 15) is 22.8 Å². The van der Waals surface area contributed by atoms with Gasteiger partial charge in [0.25, 0.3) is 5.91 Å². The summed E-state index contributed by atoms with van der Waals surface area (Å²) in [6, 6.07) is 10.7. The van der Waals surface area contributed by atoms with E-state index < -0.39 is 29.2 Å². The van der Waals surface area contributed by atoms with E-state index in [-0.39, 0.29) is 24.3 Å². The quantitative estimate of drug-likeness (QED) is 0.601. The molecule has 4 rings (SSSR count). The summed E-state index contributed by atoms with van der Waals surface area (Å²) >= 11 is 0. The van der Waals surface area contributed by atoms with E-state index in [4.69, 9.17) is 4.74 Å². The molecular formula is C23H18F3N3O4. The minimum atomic E-state index is -4.49. The highest BCUT2D eigenvalue weighted by Gasteiger charge is 2.43. The second-order valence-corrected chi connectivity index (χ2v) is 7.31. The number of esters is 1. The maximum absolute atomic E-state index is 13.1. The molecule has 7 nitrogen and oxygen atoms in total. The average molecular weight is 457 g/mol. The number of hydrogen-bond donors (Lipinski definition) is 1. The molecule has 0 aliphatic carbocycles. The zero-order valence-corrected chi connectivity index (χ0v) is 17.3. The number of hydrogen-bond acceptors (Lipinski definition) is 6. The predicted molar refractivity (Wildman–Crippen MR) is 110 cm³/mol. The summed E-state index contributed by atoms with van der Waals surface area (Å²) in [5.41, 5.74) is -1.09. The van der Waals surface area contributed by atoms with Crippen LogP contribution in [0.1, 0.15) is 44.1 Å². The van der Waals surface area contributed by atoms with Crippen LogP contribution < -0.4 is 10.1 Å². The molecule has 1 N–H and O–H groups in total. The van der Waals surface area contributed by atoms with Gasteiger partial charge in [0.2, 0.25) is 0 Å². The van der Waals surface area contributed by atoms with Crippen LogP contribution in [0.25, 0.3) is 0 Å². The van der Waals surface area contributed by atoms with Crippen LogP contribution in [-0.2, 0) is 16.5 Å². The van der Waals surface area contributed by atoms with Crippen molar-refractivity contribution in [3.63, 3.8) is 0 Å². The van der Waals surface area contributed by atoms with Gasteiger partial charge in [-0.05, 0) is 42.0 Å². The number of fused-ring (bicyclic) bond motifs is 1. The fourth-order valence-corrected chi connectivity index (χ4v) is 3.70. The molecule has 3 aromatic rings. The lowest BCUT2D eigenvalue weighted by Crippen LogP contribution is -2.50. The molecule has 3 heterocycles. The standard InChI is InChI=1S/C23H18F3N3O4/c1-32-21(31)14-4-9-17(28-13-14)20(30)29-22(10-12-33-18-3-2-11-27-19(18)22)15-5-7-16(8-6-15)23(24,25)26/h2-9,11,13H,10,12H2,1H3,(H,29,30). The molecule has 1 aromatic carbocycles. The van der Waals surface area contributed by atoms with Gasteiger partial charge in [-0.3, -0.25) is 14.8 Å². The molecule has 10 heteroatoms. The Morgan fingerprint density at radius 1 is 1.09 bits per heavy atom. The van der Waals surface area contributed by atoms with Crippen LogP contribution in [-0.4, -0.2) is 35.6 Å². The number of pyridine rings is 2. The summed E-state index contributed by atoms with van der Waals surface area (Å²) in [6.07, 6.45) is -1.54. The Morgan fingerprint density at radius 2 is 1.85 bits per heavy atom. The Balaban J connectivity index is 1.75. The molecule has 0 saturated heterocycles. The maximum Gasteiger partial charge on any atom is 0.416 e. The van der Waals surface area contributed by atoms with Crippen molar-refractivity contribution < 1.29 is 32.2 Å². The Hall–Kier alpha value is -3.95. The normalized spacial score (nSPS) is 17.5. The first-order valence-corrected chi connectivity index (χ1v) is 9.87. The Morgan fingerprint density at radius 3 is 2.48 bits per heavy atom. The van der Waals surface area contributed by atoms with Gasteiger partial charge in [-0.25, -0.2) is 4.79 Å². The van der Waals surface area contributed by atoms with Crippen molar-refractivity contribution in [2.75, 3.05) is 13.7 Å². The highest BCUT2D eigenvalue weighted by Crippen LogP contribution is 2.41. The van der Waals surface area contributed by atoms with Gasteiger partial charge in [0.15, 0.2) is 0 Å². The number of ether oxygens (including phenoxy) is 2. The largest absolute Gasteiger partial charge is 0.491 e. The van der Waals surface area contributed by atoms with Crippen LogP contribution in [0, 0.1) is 0 Å². The second kappa shape index (κ2) is 8.53. The molecule has 1 aliphatic rings. The molecule has 0 radical (unpaired) electrons. The molecule has 33 heavy (non-hydrogen) atoms. The summed E-state index contributed by atoms with van der Waals surface area (Å²) in [4.78, 5) is 33.2. The van der Waals surface area contributed by atoms with E-state index >= 15 is 0 Å². The third-order valence-corrected chi connectivity index (χ3v) is 5.36. The van der Waals surface area contributed by atoms with Gasteiger partial charge in [0, 0.05) is 18.8 Å². The number of nitrogens with one attached hydrogen (secondary N) is 1. The number of alkyl halides is 3. The number of carbonyl (C=O) groups is 2. The van der Waals surface area contributed by atoms with Gasteiger partial charge < -0.3 is 14.8 Å². The van der Waals surface area contributed by atoms with Gasteiger partial charge in [-0.15, -0.1) is 0 Å². The van der Waals surface area contributed by atoms with Crippen molar-refractivity contribution in [3.05, 3.63) is 89.0 Å². The maximum atomic E-state index is 13.1. The lowest BCUT2D eigenvalue weighted by atomic mass is 9.81. The van der Waals surface area contributed by atoms with Crippen LogP contribution in [0.15, 0.2) is 60.9 Å². The number of nitrogens with zero attached hydrogens (tertiary/aromatic N) is 2. The van der Waals surface area contributed by atoms with Gasteiger partial charge in [-0.2, -0.15) is 13.2 Å². The summed E-state index contributed by atoms with van der Waals surface area (Å²) in [7, 11) is 1.23. The van der Waals surface area contributed by atoms with Crippen LogP contribution in [0.5, 0.6) is 5.75 Å². The number of amides is 1. The summed E-state index contributed by atoms with van der Waals surface area (Å²) in [5.74, 6) is -0.777. The SMILES string of the molecule is COC(=O)c1ccc(C(=O)NC2(c3ccc(C(F)(F)F)cc3)CCOc3cccnc32)nc1. The molecule has 0 bridgehead atoms. The molecule has 1 unspecified atom stereocenters. The lowest BCUT2D eigenvalue weighted by Gasteiger charge is -2.39. The topological polar surface area (TPSA) is 90.4 Å². The molecule has 1 aliphatic heterocycles. The summed E-state index contributed by atoms with van der Waals surface area (Å²) in [5, 5.41) is 2.90. The van der Waals surface area contributed by atoms with Gasteiger partial charge in [0.1, 0.15) is 22.7 Å². The van der Waals surface area contributed by atoms with Crippen LogP contribution >= 0.6 is 0 Å². The minimum Gasteiger partial charge on any atom is -0.491 e. The predicted octanol–water partition coefficient (Wildman–Crippen LogP) is 3.74. The molecule has 0 spiro atoms. The second-order valence-electron chi connectivity index (χ2n) is 7.31. The van der Waals surface area contributed by atoms with E-state index in [1.807, 2.05) is 0 Å². The number of carbonyl (C=O) groups excluding carboxylic acids is 2. The van der Waals surface area contributed by atoms with Crippen molar-refractivity contribution in [2.45, 2.75) is 18.1 Å². The van der Waals surface area contributed by atoms with Crippen LogP contribution in [0.3, 0.4) is 0 Å². The Kier molecular flexibility index (Phi) is 5.75. The first kappa shape index (κ1) is 22.3. The first-order chi connectivity index (χ1) is 15.7. The fourth-order valence-electron chi connectivity index (χ4n) is 3.70. The molecule has 170 valence electrons. The Labute approximate surface area is 186 Å². The molecular weight excluding hydrogens is 439 g/mol. The monoisotopic (exact) mass is 457 g/mol. The fraction of sp³-hybridized carbons (Fsp3) is 0.217. The zero-order chi connectivity index (χ0) is 23.6. The van der Waals surface area contributed by atoms with Crippen molar-refractivity contribution in [1.29, 1.82) is 0 Å². The van der Waals surface area contributed by atoms with Gasteiger partial charge in [0.05, 0.1) is 24.8 Å². The van der Waals surface area contributed by atoms with E-state index in [2.05, 4.69) is 20.0 Å². The van der Waals surface area contributed by atoms with Crippen LogP contribution in [0.2, 0.25) is 0 Å². The number of methoxy groups -OCH3 is 1.